The molecule has 138 valence electrons. The van der Waals surface area contributed by atoms with E-state index in [1.54, 1.807) is 13.8 Å². The first-order chi connectivity index (χ1) is 12.1. The molecule has 2 aromatic rings. The summed E-state index contributed by atoms with van der Waals surface area (Å²) >= 11 is 0. The van der Waals surface area contributed by atoms with Crippen LogP contribution in [-0.2, 0) is 17.5 Å². The van der Waals surface area contributed by atoms with Crippen LogP contribution in [0.5, 0.6) is 0 Å². The molecule has 2 rings (SSSR count). The lowest BCUT2D eigenvalue weighted by atomic mass is 10.1. The number of nitrogens with zero attached hydrogens (tertiary/aromatic N) is 2. The Hall–Kier alpha value is -2.79. The van der Waals surface area contributed by atoms with Crippen LogP contribution in [-0.4, -0.2) is 24.4 Å². The Morgan fingerprint density at radius 2 is 1.96 bits per heavy atom. The van der Waals surface area contributed by atoms with Gasteiger partial charge < -0.3 is 4.42 Å². The average Bonchev–Trinajstić information content (AvgIpc) is 2.80. The van der Waals surface area contributed by atoms with Gasteiger partial charge in [-0.3, -0.25) is 15.0 Å². The highest BCUT2D eigenvalue weighted by Gasteiger charge is 2.33. The zero-order chi connectivity index (χ0) is 19.5. The van der Waals surface area contributed by atoms with Crippen LogP contribution in [0.15, 0.2) is 28.7 Å². The molecular formula is C18H18F3N3O2. The predicted molar refractivity (Wildman–Crippen MR) is 89.3 cm³/mol. The number of nitriles is 1. The van der Waals surface area contributed by atoms with E-state index in [-0.39, 0.29) is 30.1 Å². The highest BCUT2D eigenvalue weighted by Crippen LogP contribution is 2.32. The first-order valence-corrected chi connectivity index (χ1v) is 7.77. The van der Waals surface area contributed by atoms with Crippen molar-refractivity contribution >= 4 is 11.8 Å². The lowest BCUT2D eigenvalue weighted by molar-refractivity contribution is -0.138. The molecule has 0 saturated carbocycles. The van der Waals surface area contributed by atoms with Gasteiger partial charge in [0.1, 0.15) is 17.4 Å². The number of likely N-dealkylation sites (N-methyl/N-ethyl adjacent to an activating group) is 1. The van der Waals surface area contributed by atoms with Crippen LogP contribution in [0.3, 0.4) is 0 Å². The molecule has 1 aromatic carbocycles. The van der Waals surface area contributed by atoms with E-state index in [1.807, 2.05) is 6.07 Å². The Morgan fingerprint density at radius 3 is 2.58 bits per heavy atom. The number of hydrogen-bond donors (Lipinski definition) is 1. The summed E-state index contributed by atoms with van der Waals surface area (Å²) in [5, 5.41) is 11.6. The molecule has 1 N–H and O–H groups in total. The number of hydrogen-bond acceptors (Lipinski definition) is 4. The van der Waals surface area contributed by atoms with Gasteiger partial charge in [0.05, 0.1) is 12.1 Å². The number of aryl methyl sites for hydroxylation is 1. The van der Waals surface area contributed by atoms with Crippen molar-refractivity contribution in [2.45, 2.75) is 26.6 Å². The summed E-state index contributed by atoms with van der Waals surface area (Å²) in [5.74, 6) is 0.0862. The SMILES string of the molecule is Cc1oc(NC(=O)CN(C)Cc2ccccc2C(F)(F)F)c(C#N)c1C. The third-order valence-electron chi connectivity index (χ3n) is 3.93. The number of anilines is 1. The molecule has 1 amide bonds. The van der Waals surface area contributed by atoms with Gasteiger partial charge in [0.2, 0.25) is 11.8 Å². The fraction of sp³-hybridized carbons (Fsp3) is 0.333. The van der Waals surface area contributed by atoms with Crippen molar-refractivity contribution in [1.29, 1.82) is 5.26 Å². The van der Waals surface area contributed by atoms with E-state index in [4.69, 9.17) is 9.68 Å². The van der Waals surface area contributed by atoms with Gasteiger partial charge in [-0.1, -0.05) is 18.2 Å². The standard InChI is InChI=1S/C18H18F3N3O2/c1-11-12(2)26-17(14(11)8-22)23-16(25)10-24(3)9-13-6-4-5-7-15(13)18(19,20)21/h4-7H,9-10H2,1-3H3,(H,23,25). The molecule has 8 heteroatoms. The maximum Gasteiger partial charge on any atom is 0.416 e. The van der Waals surface area contributed by atoms with E-state index in [1.165, 1.54) is 30.1 Å². The van der Waals surface area contributed by atoms with Crippen molar-refractivity contribution in [3.63, 3.8) is 0 Å². The van der Waals surface area contributed by atoms with Crippen LogP contribution in [0.1, 0.15) is 28.0 Å². The molecular weight excluding hydrogens is 347 g/mol. The van der Waals surface area contributed by atoms with E-state index < -0.39 is 17.6 Å². The summed E-state index contributed by atoms with van der Waals surface area (Å²) < 4.78 is 44.4. The number of carbonyl (C=O) groups excluding carboxylic acids is 1. The fourth-order valence-corrected chi connectivity index (χ4v) is 2.54. The Balaban J connectivity index is 2.05. The predicted octanol–water partition coefficient (Wildman–Crippen LogP) is 3.86. The van der Waals surface area contributed by atoms with E-state index in [9.17, 15) is 18.0 Å². The van der Waals surface area contributed by atoms with Gasteiger partial charge in [-0.15, -0.1) is 0 Å². The van der Waals surface area contributed by atoms with E-state index in [2.05, 4.69) is 5.32 Å². The summed E-state index contributed by atoms with van der Waals surface area (Å²) in [7, 11) is 1.54. The van der Waals surface area contributed by atoms with E-state index in [0.717, 1.165) is 6.07 Å². The number of nitrogens with one attached hydrogen (secondary N) is 1. The van der Waals surface area contributed by atoms with Crippen molar-refractivity contribution in [2.75, 3.05) is 18.9 Å². The van der Waals surface area contributed by atoms with Crippen LogP contribution in [0, 0.1) is 25.2 Å². The summed E-state index contributed by atoms with van der Waals surface area (Å²) in [6, 6.07) is 7.19. The van der Waals surface area contributed by atoms with Gasteiger partial charge in [0.25, 0.3) is 0 Å². The normalized spacial score (nSPS) is 11.5. The number of halogens is 3. The van der Waals surface area contributed by atoms with Crippen molar-refractivity contribution in [3.8, 4) is 6.07 Å². The minimum Gasteiger partial charge on any atom is -0.444 e. The lowest BCUT2D eigenvalue weighted by Gasteiger charge is -2.19. The minimum atomic E-state index is -4.45. The fourth-order valence-electron chi connectivity index (χ4n) is 2.54. The topological polar surface area (TPSA) is 69.3 Å². The molecule has 0 radical (unpaired) electrons. The van der Waals surface area contributed by atoms with Crippen molar-refractivity contribution in [1.82, 2.24) is 4.90 Å². The van der Waals surface area contributed by atoms with Crippen LogP contribution in [0.25, 0.3) is 0 Å². The molecule has 0 aliphatic heterocycles. The second-order valence-corrected chi connectivity index (χ2v) is 5.97. The minimum absolute atomic E-state index is 0.0512. The van der Waals surface area contributed by atoms with Crippen LogP contribution >= 0.6 is 0 Å². The monoisotopic (exact) mass is 365 g/mol. The molecule has 0 spiro atoms. The third-order valence-corrected chi connectivity index (χ3v) is 3.93. The average molecular weight is 365 g/mol. The van der Waals surface area contributed by atoms with Crippen LogP contribution in [0.4, 0.5) is 19.1 Å². The van der Waals surface area contributed by atoms with Gasteiger partial charge in [-0.25, -0.2) is 0 Å². The van der Waals surface area contributed by atoms with Gasteiger partial charge >= 0.3 is 6.18 Å². The zero-order valence-electron chi connectivity index (χ0n) is 14.6. The summed E-state index contributed by atoms with van der Waals surface area (Å²) in [6.45, 7) is 3.17. The third kappa shape index (κ3) is 4.43. The van der Waals surface area contributed by atoms with Crippen LogP contribution in [0.2, 0.25) is 0 Å². The summed E-state index contributed by atoms with van der Waals surface area (Å²) in [4.78, 5) is 13.6. The number of benzene rings is 1. The lowest BCUT2D eigenvalue weighted by Crippen LogP contribution is -2.30. The largest absolute Gasteiger partial charge is 0.444 e. The number of alkyl halides is 3. The van der Waals surface area contributed by atoms with Gasteiger partial charge in [0.15, 0.2) is 0 Å². The number of carbonyl (C=O) groups is 1. The molecule has 0 fully saturated rings. The molecule has 0 atom stereocenters. The number of amides is 1. The van der Waals surface area contributed by atoms with Crippen LogP contribution < -0.4 is 5.32 Å². The first kappa shape index (κ1) is 19.5. The molecule has 0 unspecified atom stereocenters. The zero-order valence-corrected chi connectivity index (χ0v) is 14.6. The highest BCUT2D eigenvalue weighted by molar-refractivity contribution is 5.92. The molecule has 0 aliphatic rings. The van der Waals surface area contributed by atoms with E-state index in [0.29, 0.717) is 11.3 Å². The van der Waals surface area contributed by atoms with Gasteiger partial charge in [0, 0.05) is 12.1 Å². The Bertz CT molecular complexity index is 850. The Morgan fingerprint density at radius 1 is 1.31 bits per heavy atom. The second-order valence-electron chi connectivity index (χ2n) is 5.97. The highest BCUT2D eigenvalue weighted by atomic mass is 19.4. The molecule has 0 bridgehead atoms. The van der Waals surface area contributed by atoms with Gasteiger partial charge in [-0.2, -0.15) is 18.4 Å². The maximum absolute atomic E-state index is 13.0. The second kappa shape index (κ2) is 7.62. The molecule has 1 heterocycles. The Labute approximate surface area is 149 Å². The maximum atomic E-state index is 13.0. The molecule has 1 aromatic heterocycles. The summed E-state index contributed by atoms with van der Waals surface area (Å²) in [5.41, 5.74) is 0.227. The number of rotatable bonds is 5. The molecule has 0 saturated heterocycles. The molecule has 26 heavy (non-hydrogen) atoms. The van der Waals surface area contributed by atoms with Crippen molar-refractivity contribution < 1.29 is 22.4 Å². The van der Waals surface area contributed by atoms with Gasteiger partial charge in [-0.05, 0) is 32.5 Å². The first-order valence-electron chi connectivity index (χ1n) is 7.77. The molecule has 0 aliphatic carbocycles. The van der Waals surface area contributed by atoms with Crippen molar-refractivity contribution in [2.24, 2.45) is 0 Å². The smallest absolute Gasteiger partial charge is 0.416 e. The quantitative estimate of drug-likeness (QED) is 0.874. The number of furan rings is 1. The Kier molecular flexibility index (Phi) is 5.73. The van der Waals surface area contributed by atoms with E-state index >= 15 is 0 Å². The molecule has 5 nitrogen and oxygen atoms in total. The van der Waals surface area contributed by atoms with Crippen molar-refractivity contribution in [3.05, 3.63) is 52.3 Å². The summed E-state index contributed by atoms with van der Waals surface area (Å²) in [6.07, 6.45) is -4.45.